The minimum absolute atomic E-state index is 0.0199. The van der Waals surface area contributed by atoms with Gasteiger partial charge in [-0.1, -0.05) is 37.3 Å². The zero-order chi connectivity index (χ0) is 21.0. The number of nitrogens with zero attached hydrogens (tertiary/aromatic N) is 2. The number of hydrogen-bond acceptors (Lipinski definition) is 5. The number of nitrogens with two attached hydrogens (primary N) is 1. The fourth-order valence-corrected chi connectivity index (χ4v) is 3.57. The number of rotatable bonds is 4. The molecule has 2 atom stereocenters. The largest absolute Gasteiger partial charge is 0.480 e. The first-order valence-corrected chi connectivity index (χ1v) is 9.41. The molecular formula is C21H24N4O4. The second-order valence-electron chi connectivity index (χ2n) is 7.17. The molecule has 8 nitrogen and oxygen atoms in total. The van der Waals surface area contributed by atoms with E-state index in [1.807, 2.05) is 30.3 Å². The molecule has 152 valence electrons. The molecule has 1 saturated heterocycles. The van der Waals surface area contributed by atoms with Gasteiger partial charge in [-0.25, -0.2) is 4.98 Å². The first kappa shape index (κ1) is 20.3. The van der Waals surface area contributed by atoms with Crippen molar-refractivity contribution >= 4 is 23.4 Å². The van der Waals surface area contributed by atoms with Gasteiger partial charge in [-0.2, -0.15) is 0 Å². The average Bonchev–Trinajstić information content (AvgIpc) is 2.73. The summed E-state index contributed by atoms with van der Waals surface area (Å²) in [6, 6.07) is 10.9. The van der Waals surface area contributed by atoms with Crippen molar-refractivity contribution in [2.24, 2.45) is 11.7 Å². The van der Waals surface area contributed by atoms with Gasteiger partial charge >= 0.3 is 11.8 Å². The number of primary amides is 1. The third-order valence-electron chi connectivity index (χ3n) is 5.02. The fourth-order valence-electron chi connectivity index (χ4n) is 3.57. The van der Waals surface area contributed by atoms with Crippen LogP contribution in [0.5, 0.6) is 5.88 Å². The summed E-state index contributed by atoms with van der Waals surface area (Å²) < 4.78 is 4.98. The summed E-state index contributed by atoms with van der Waals surface area (Å²) >= 11 is 0. The molecule has 29 heavy (non-hydrogen) atoms. The van der Waals surface area contributed by atoms with E-state index >= 15 is 0 Å². The topological polar surface area (TPSA) is 115 Å². The van der Waals surface area contributed by atoms with Crippen LogP contribution in [0.3, 0.4) is 0 Å². The summed E-state index contributed by atoms with van der Waals surface area (Å²) in [4.78, 5) is 42.7. The van der Waals surface area contributed by atoms with Gasteiger partial charge in [0.15, 0.2) is 0 Å². The molecule has 2 heterocycles. The first-order valence-electron chi connectivity index (χ1n) is 9.41. The van der Waals surface area contributed by atoms with Crippen LogP contribution in [0.1, 0.15) is 41.7 Å². The van der Waals surface area contributed by atoms with Gasteiger partial charge in [0.1, 0.15) is 5.56 Å². The van der Waals surface area contributed by atoms with Crippen LogP contribution in [-0.4, -0.2) is 41.3 Å². The number of piperidine rings is 1. The Balaban J connectivity index is 1.80. The van der Waals surface area contributed by atoms with Crippen molar-refractivity contribution in [1.29, 1.82) is 0 Å². The smallest absolute Gasteiger partial charge is 0.313 e. The second-order valence-corrected chi connectivity index (χ2v) is 7.17. The third kappa shape index (κ3) is 4.53. The summed E-state index contributed by atoms with van der Waals surface area (Å²) in [5, 5.41) is 2.52. The predicted molar refractivity (Wildman–Crippen MR) is 107 cm³/mol. The summed E-state index contributed by atoms with van der Waals surface area (Å²) in [6.45, 7) is 2.56. The molecule has 0 spiro atoms. The standard InChI is InChI=1S/C21H24N4O4/c1-13-8-9-17(14-6-4-3-5-7-14)25(12-13)21(28)19(27)24-15-10-16(18(22)26)20(29-2)23-11-15/h3-7,10-11,13,17H,8-9,12H2,1-2H3,(H2,22,26)(H,24,27)/t13-,17?/m1/s1. The lowest BCUT2D eigenvalue weighted by Gasteiger charge is -2.38. The van der Waals surface area contributed by atoms with Crippen molar-refractivity contribution in [2.75, 3.05) is 19.0 Å². The molecule has 8 heteroatoms. The number of aromatic nitrogens is 1. The van der Waals surface area contributed by atoms with E-state index in [-0.39, 0.29) is 23.2 Å². The fraction of sp³-hybridized carbons (Fsp3) is 0.333. The maximum Gasteiger partial charge on any atom is 0.313 e. The number of nitrogens with one attached hydrogen (secondary N) is 1. The molecule has 1 fully saturated rings. The molecule has 0 saturated carbocycles. The molecule has 1 aliphatic heterocycles. The van der Waals surface area contributed by atoms with Crippen LogP contribution in [0.25, 0.3) is 0 Å². The number of benzene rings is 1. The van der Waals surface area contributed by atoms with E-state index in [2.05, 4.69) is 17.2 Å². The third-order valence-corrected chi connectivity index (χ3v) is 5.02. The SMILES string of the molecule is COc1ncc(NC(=O)C(=O)N2C[C@H](C)CCC2c2ccccc2)cc1C(N)=O. The monoisotopic (exact) mass is 396 g/mol. The van der Waals surface area contributed by atoms with E-state index in [4.69, 9.17) is 10.5 Å². The minimum atomic E-state index is -0.789. The molecule has 1 aromatic heterocycles. The number of anilines is 1. The van der Waals surface area contributed by atoms with E-state index in [0.29, 0.717) is 12.5 Å². The molecule has 1 unspecified atom stereocenters. The molecule has 0 aliphatic carbocycles. The van der Waals surface area contributed by atoms with Crippen molar-refractivity contribution in [3.8, 4) is 5.88 Å². The number of carbonyl (C=O) groups is 3. The molecule has 2 aromatic rings. The number of methoxy groups -OCH3 is 1. The molecule has 3 N–H and O–H groups in total. The van der Waals surface area contributed by atoms with Crippen molar-refractivity contribution in [2.45, 2.75) is 25.8 Å². The highest BCUT2D eigenvalue weighted by atomic mass is 16.5. The molecule has 3 amide bonds. The maximum atomic E-state index is 13.0. The van der Waals surface area contributed by atoms with Crippen molar-refractivity contribution in [3.63, 3.8) is 0 Å². The summed E-state index contributed by atoms with van der Waals surface area (Å²) in [7, 11) is 1.36. The zero-order valence-corrected chi connectivity index (χ0v) is 16.4. The van der Waals surface area contributed by atoms with E-state index < -0.39 is 17.7 Å². The lowest BCUT2D eigenvalue weighted by atomic mass is 9.90. The molecular weight excluding hydrogens is 372 g/mol. The van der Waals surface area contributed by atoms with E-state index in [0.717, 1.165) is 18.4 Å². The molecule has 3 rings (SSSR count). The second kappa shape index (κ2) is 8.72. The lowest BCUT2D eigenvalue weighted by molar-refractivity contribution is -0.146. The van der Waals surface area contributed by atoms with Gasteiger partial charge < -0.3 is 20.7 Å². The van der Waals surface area contributed by atoms with Crippen molar-refractivity contribution in [3.05, 3.63) is 53.7 Å². The number of likely N-dealkylation sites (tertiary alicyclic amines) is 1. The predicted octanol–water partition coefficient (Wildman–Crippen LogP) is 2.13. The molecule has 0 radical (unpaired) electrons. The Labute approximate surface area is 169 Å². The number of pyridine rings is 1. The highest BCUT2D eigenvalue weighted by molar-refractivity contribution is 6.39. The van der Waals surface area contributed by atoms with Crippen LogP contribution in [0.2, 0.25) is 0 Å². The van der Waals surface area contributed by atoms with Crippen molar-refractivity contribution < 1.29 is 19.1 Å². The Morgan fingerprint density at radius 3 is 2.59 bits per heavy atom. The van der Waals surface area contributed by atoms with E-state index in [9.17, 15) is 14.4 Å². The molecule has 1 aromatic carbocycles. The van der Waals surface area contributed by atoms with Gasteiger partial charge in [0.25, 0.3) is 5.91 Å². The Morgan fingerprint density at radius 2 is 1.93 bits per heavy atom. The summed E-state index contributed by atoms with van der Waals surface area (Å²) in [6.07, 6.45) is 3.08. The van der Waals surface area contributed by atoms with Crippen LogP contribution in [-0.2, 0) is 9.59 Å². The van der Waals surface area contributed by atoms with Crippen LogP contribution < -0.4 is 15.8 Å². The highest BCUT2D eigenvalue weighted by Gasteiger charge is 2.34. The Kier molecular flexibility index (Phi) is 6.11. The molecule has 0 bridgehead atoms. The Hall–Kier alpha value is -3.42. The lowest BCUT2D eigenvalue weighted by Crippen LogP contribution is -2.46. The van der Waals surface area contributed by atoms with Crippen LogP contribution >= 0.6 is 0 Å². The Morgan fingerprint density at radius 1 is 1.21 bits per heavy atom. The van der Waals surface area contributed by atoms with Crippen LogP contribution in [0, 0.1) is 5.92 Å². The van der Waals surface area contributed by atoms with E-state index in [1.165, 1.54) is 19.4 Å². The van der Waals surface area contributed by atoms with Crippen molar-refractivity contribution in [1.82, 2.24) is 9.88 Å². The number of carbonyl (C=O) groups excluding carboxylic acids is 3. The first-order chi connectivity index (χ1) is 13.9. The van der Waals surface area contributed by atoms with Gasteiger partial charge in [-0.3, -0.25) is 14.4 Å². The van der Waals surface area contributed by atoms with Gasteiger partial charge in [0.2, 0.25) is 5.88 Å². The van der Waals surface area contributed by atoms with Crippen LogP contribution in [0.15, 0.2) is 42.6 Å². The minimum Gasteiger partial charge on any atom is -0.480 e. The van der Waals surface area contributed by atoms with E-state index in [1.54, 1.807) is 4.90 Å². The zero-order valence-electron chi connectivity index (χ0n) is 16.4. The Bertz CT molecular complexity index is 916. The number of hydrogen-bond donors (Lipinski definition) is 2. The average molecular weight is 396 g/mol. The summed E-state index contributed by atoms with van der Waals surface area (Å²) in [5.41, 5.74) is 6.53. The van der Waals surface area contributed by atoms with Gasteiger partial charge in [-0.15, -0.1) is 0 Å². The number of ether oxygens (including phenoxy) is 1. The highest BCUT2D eigenvalue weighted by Crippen LogP contribution is 2.33. The normalized spacial score (nSPS) is 18.8. The van der Waals surface area contributed by atoms with Gasteiger partial charge in [-0.05, 0) is 30.4 Å². The number of amides is 3. The van der Waals surface area contributed by atoms with Gasteiger partial charge in [0, 0.05) is 6.54 Å². The van der Waals surface area contributed by atoms with Crippen LogP contribution in [0.4, 0.5) is 5.69 Å². The van der Waals surface area contributed by atoms with Gasteiger partial charge in [0.05, 0.1) is 25.0 Å². The molecule has 1 aliphatic rings. The quantitative estimate of drug-likeness (QED) is 0.769. The summed E-state index contributed by atoms with van der Waals surface area (Å²) in [5.74, 6) is -1.80. The maximum absolute atomic E-state index is 13.0.